The van der Waals surface area contributed by atoms with Crippen LogP contribution in [0.4, 0.5) is 0 Å². The first-order chi connectivity index (χ1) is 6.93. The van der Waals surface area contributed by atoms with E-state index in [1.54, 1.807) is 0 Å². The Morgan fingerprint density at radius 3 is 2.47 bits per heavy atom. The molecular formula is C11H16BrNO2. The molecule has 0 radical (unpaired) electrons. The van der Waals surface area contributed by atoms with Gasteiger partial charge in [-0.3, -0.25) is 5.41 Å². The van der Waals surface area contributed by atoms with E-state index in [0.29, 0.717) is 0 Å². The molecule has 0 aliphatic heterocycles. The fourth-order valence-electron chi connectivity index (χ4n) is 0.989. The van der Waals surface area contributed by atoms with Gasteiger partial charge in [-0.05, 0) is 24.4 Å². The smallest absolute Gasteiger partial charge is 0.355 e. The molecule has 0 saturated carbocycles. The first kappa shape index (κ1) is 14.1. The van der Waals surface area contributed by atoms with Crippen molar-refractivity contribution in [3.8, 4) is 0 Å². The standard InChI is InChI=1S/C11H16BrNO2/c1-5-9(12)8(3)7(2)6-10(13)11(14)15-4/h5-6,8,13H,1-4H3/b7-6-,9-5+,13-10?. The van der Waals surface area contributed by atoms with Gasteiger partial charge in [0.1, 0.15) is 5.71 Å². The predicted octanol–water partition coefficient (Wildman–Crippen LogP) is 3.06. The van der Waals surface area contributed by atoms with E-state index >= 15 is 0 Å². The average Bonchev–Trinajstić information content (AvgIpc) is 2.25. The molecule has 0 heterocycles. The van der Waals surface area contributed by atoms with Crippen molar-refractivity contribution >= 4 is 27.6 Å². The van der Waals surface area contributed by atoms with E-state index in [9.17, 15) is 4.79 Å². The SMILES string of the molecule is C/C=C(/Br)C(C)/C(C)=C\C(=N)C(=O)OC. The summed E-state index contributed by atoms with van der Waals surface area (Å²) in [7, 11) is 1.27. The average molecular weight is 274 g/mol. The maximum absolute atomic E-state index is 11.0. The lowest BCUT2D eigenvalue weighted by atomic mass is 10.0. The minimum Gasteiger partial charge on any atom is -0.464 e. The van der Waals surface area contributed by atoms with Crippen LogP contribution in [0.3, 0.4) is 0 Å². The highest BCUT2D eigenvalue weighted by Gasteiger charge is 2.11. The first-order valence-electron chi connectivity index (χ1n) is 4.60. The third-order valence-corrected chi connectivity index (χ3v) is 3.29. The van der Waals surface area contributed by atoms with Gasteiger partial charge in [-0.25, -0.2) is 4.79 Å². The maximum Gasteiger partial charge on any atom is 0.355 e. The molecule has 0 aliphatic carbocycles. The monoisotopic (exact) mass is 273 g/mol. The predicted molar refractivity (Wildman–Crippen MR) is 65.3 cm³/mol. The molecule has 0 bridgehead atoms. The van der Waals surface area contributed by atoms with Crippen molar-refractivity contribution in [3.63, 3.8) is 0 Å². The van der Waals surface area contributed by atoms with Crippen molar-refractivity contribution < 1.29 is 9.53 Å². The van der Waals surface area contributed by atoms with Crippen LogP contribution in [0.2, 0.25) is 0 Å². The molecule has 0 saturated heterocycles. The molecule has 3 nitrogen and oxygen atoms in total. The molecule has 84 valence electrons. The molecule has 1 atom stereocenters. The van der Waals surface area contributed by atoms with E-state index < -0.39 is 5.97 Å². The number of carbonyl (C=O) groups is 1. The van der Waals surface area contributed by atoms with Gasteiger partial charge >= 0.3 is 5.97 Å². The normalized spacial score (nSPS) is 14.7. The van der Waals surface area contributed by atoms with Crippen molar-refractivity contribution in [2.45, 2.75) is 20.8 Å². The van der Waals surface area contributed by atoms with Crippen molar-refractivity contribution in [1.82, 2.24) is 0 Å². The number of allylic oxidation sites excluding steroid dienone is 3. The van der Waals surface area contributed by atoms with Crippen LogP contribution in [0.5, 0.6) is 0 Å². The van der Waals surface area contributed by atoms with E-state index in [-0.39, 0.29) is 11.6 Å². The molecule has 1 unspecified atom stereocenters. The molecule has 0 aromatic carbocycles. The van der Waals surface area contributed by atoms with E-state index in [0.717, 1.165) is 10.1 Å². The fraction of sp³-hybridized carbons (Fsp3) is 0.455. The summed E-state index contributed by atoms with van der Waals surface area (Å²) in [4.78, 5) is 11.0. The Balaban J connectivity index is 4.71. The summed E-state index contributed by atoms with van der Waals surface area (Å²) in [6, 6.07) is 0. The van der Waals surface area contributed by atoms with Gasteiger partial charge in [0.2, 0.25) is 0 Å². The Kier molecular flexibility index (Phi) is 6.17. The zero-order valence-electron chi connectivity index (χ0n) is 9.43. The summed E-state index contributed by atoms with van der Waals surface area (Å²) >= 11 is 3.42. The maximum atomic E-state index is 11.0. The number of esters is 1. The largest absolute Gasteiger partial charge is 0.464 e. The third-order valence-electron chi connectivity index (χ3n) is 2.15. The van der Waals surface area contributed by atoms with Gasteiger partial charge in [-0.1, -0.05) is 34.5 Å². The molecule has 4 heteroatoms. The number of hydrogen-bond acceptors (Lipinski definition) is 3. The van der Waals surface area contributed by atoms with Gasteiger partial charge in [0.05, 0.1) is 7.11 Å². The number of carbonyl (C=O) groups excluding carboxylic acids is 1. The zero-order chi connectivity index (χ0) is 12.0. The number of rotatable bonds is 4. The summed E-state index contributed by atoms with van der Waals surface area (Å²) in [6.45, 7) is 5.81. The van der Waals surface area contributed by atoms with E-state index in [2.05, 4.69) is 20.7 Å². The molecule has 1 N–H and O–H groups in total. The molecular weight excluding hydrogens is 258 g/mol. The van der Waals surface area contributed by atoms with Gasteiger partial charge in [-0.2, -0.15) is 0 Å². The number of ether oxygens (including phenoxy) is 1. The topological polar surface area (TPSA) is 50.2 Å². The second-order valence-corrected chi connectivity index (χ2v) is 4.10. The third kappa shape index (κ3) is 4.42. The molecule has 0 aliphatic rings. The van der Waals surface area contributed by atoms with Crippen LogP contribution in [-0.2, 0) is 9.53 Å². The number of hydrogen-bond donors (Lipinski definition) is 1. The van der Waals surface area contributed by atoms with Gasteiger partial charge < -0.3 is 4.74 Å². The van der Waals surface area contributed by atoms with Gasteiger partial charge in [-0.15, -0.1) is 0 Å². The van der Waals surface area contributed by atoms with Crippen molar-refractivity contribution in [2.75, 3.05) is 7.11 Å². The van der Waals surface area contributed by atoms with Crippen LogP contribution >= 0.6 is 15.9 Å². The summed E-state index contributed by atoms with van der Waals surface area (Å²) in [5.74, 6) is -0.446. The van der Waals surface area contributed by atoms with Gasteiger partial charge in [0.25, 0.3) is 0 Å². The first-order valence-corrected chi connectivity index (χ1v) is 5.40. The highest BCUT2D eigenvalue weighted by molar-refractivity contribution is 9.11. The van der Waals surface area contributed by atoms with Crippen LogP contribution < -0.4 is 0 Å². The lowest BCUT2D eigenvalue weighted by Gasteiger charge is -2.11. The second kappa shape index (κ2) is 6.56. The minimum absolute atomic E-state index is 0.127. The number of nitrogens with one attached hydrogen (secondary N) is 1. The van der Waals surface area contributed by atoms with Crippen LogP contribution in [0, 0.1) is 11.3 Å². The Hall–Kier alpha value is -0.900. The molecule has 0 aromatic rings. The van der Waals surface area contributed by atoms with Crippen LogP contribution in [0.15, 0.2) is 22.2 Å². The molecule has 0 aromatic heterocycles. The summed E-state index contributed by atoms with van der Waals surface area (Å²) in [6.07, 6.45) is 3.48. The Morgan fingerprint density at radius 2 is 2.07 bits per heavy atom. The Labute approximate surface area is 98.8 Å². The molecule has 0 fully saturated rings. The van der Waals surface area contributed by atoms with Crippen molar-refractivity contribution in [3.05, 3.63) is 22.2 Å². The number of halogens is 1. The molecule has 0 rings (SSSR count). The summed E-state index contributed by atoms with van der Waals surface area (Å²) < 4.78 is 5.48. The molecule has 0 amide bonds. The van der Waals surface area contributed by atoms with Gasteiger partial charge in [0, 0.05) is 5.92 Å². The lowest BCUT2D eigenvalue weighted by Crippen LogP contribution is -2.13. The lowest BCUT2D eigenvalue weighted by molar-refractivity contribution is -0.132. The van der Waals surface area contributed by atoms with Crippen LogP contribution in [-0.4, -0.2) is 18.8 Å². The highest BCUT2D eigenvalue weighted by Crippen LogP contribution is 2.24. The zero-order valence-corrected chi connectivity index (χ0v) is 11.0. The fourth-order valence-corrected chi connectivity index (χ4v) is 1.35. The summed E-state index contributed by atoms with van der Waals surface area (Å²) in [5.41, 5.74) is 0.814. The molecule has 15 heavy (non-hydrogen) atoms. The quantitative estimate of drug-likeness (QED) is 0.632. The van der Waals surface area contributed by atoms with Crippen LogP contribution in [0.25, 0.3) is 0 Å². The second-order valence-electron chi connectivity index (χ2n) is 3.19. The molecule has 0 spiro atoms. The van der Waals surface area contributed by atoms with E-state index in [1.165, 1.54) is 13.2 Å². The Bertz CT molecular complexity index is 319. The summed E-state index contributed by atoms with van der Waals surface area (Å²) in [5, 5.41) is 7.43. The highest BCUT2D eigenvalue weighted by atomic mass is 79.9. The van der Waals surface area contributed by atoms with E-state index in [4.69, 9.17) is 5.41 Å². The van der Waals surface area contributed by atoms with E-state index in [1.807, 2.05) is 26.8 Å². The Morgan fingerprint density at radius 1 is 1.53 bits per heavy atom. The van der Waals surface area contributed by atoms with Crippen molar-refractivity contribution in [1.29, 1.82) is 5.41 Å². The number of methoxy groups -OCH3 is 1. The van der Waals surface area contributed by atoms with Gasteiger partial charge in [0.15, 0.2) is 0 Å². The van der Waals surface area contributed by atoms with Crippen LogP contribution in [0.1, 0.15) is 20.8 Å². The minimum atomic E-state index is -0.613. The van der Waals surface area contributed by atoms with Crippen molar-refractivity contribution in [2.24, 2.45) is 5.92 Å².